The van der Waals surface area contributed by atoms with Gasteiger partial charge in [0.2, 0.25) is 5.91 Å². The fourth-order valence-electron chi connectivity index (χ4n) is 9.55. The molecule has 1 aliphatic heterocycles. The van der Waals surface area contributed by atoms with Gasteiger partial charge in [0.15, 0.2) is 0 Å². The van der Waals surface area contributed by atoms with Gasteiger partial charge in [0.1, 0.15) is 17.9 Å². The van der Waals surface area contributed by atoms with Crippen molar-refractivity contribution in [2.75, 3.05) is 34.4 Å². The minimum Gasteiger partial charge on any atom is -0.496 e. The van der Waals surface area contributed by atoms with Gasteiger partial charge in [-0.25, -0.2) is 0 Å². The Balaban J connectivity index is 1.30. The van der Waals surface area contributed by atoms with Gasteiger partial charge in [0.05, 0.1) is 31.9 Å². The van der Waals surface area contributed by atoms with Crippen LogP contribution in [0, 0.1) is 29.1 Å². The highest BCUT2D eigenvalue weighted by molar-refractivity contribution is 5.96. The largest absolute Gasteiger partial charge is 0.496 e. The number of halogens is 3. The van der Waals surface area contributed by atoms with Gasteiger partial charge in [0, 0.05) is 59.5 Å². The van der Waals surface area contributed by atoms with Crippen molar-refractivity contribution < 1.29 is 42.5 Å². The number of benzene rings is 2. The first-order valence-electron chi connectivity index (χ1n) is 19.7. The molecule has 0 radical (unpaired) electrons. The van der Waals surface area contributed by atoms with Gasteiger partial charge in [-0.15, -0.1) is 0 Å². The van der Waals surface area contributed by atoms with Gasteiger partial charge in [-0.05, 0) is 92.9 Å². The van der Waals surface area contributed by atoms with Gasteiger partial charge in [-0.3, -0.25) is 19.4 Å². The number of aliphatic hydroxyl groups is 2. The first-order chi connectivity index (χ1) is 26.9. The fraction of sp³-hybridized carbons (Fsp3) is 0.558. The number of aromatic nitrogens is 1. The average Bonchev–Trinajstić information content (AvgIpc) is 3.53. The van der Waals surface area contributed by atoms with Crippen LogP contribution in [-0.2, 0) is 28.8 Å². The Hall–Kier alpha value is -4.08. The highest BCUT2D eigenvalue weighted by atomic mass is 19.4. The summed E-state index contributed by atoms with van der Waals surface area (Å²) in [5, 5.41) is 28.8. The number of nitrogens with one attached hydrogen (secondary N) is 2. The van der Waals surface area contributed by atoms with Crippen molar-refractivity contribution in [2.45, 2.75) is 90.0 Å². The topological polar surface area (TPSA) is 136 Å². The van der Waals surface area contributed by atoms with Crippen LogP contribution in [0.25, 0.3) is 11.1 Å². The lowest BCUT2D eigenvalue weighted by Gasteiger charge is -2.62. The summed E-state index contributed by atoms with van der Waals surface area (Å²) < 4.78 is 49.2. The summed E-state index contributed by atoms with van der Waals surface area (Å²) in [6, 6.07) is 12.2. The Bertz CT molecular complexity index is 1890. The van der Waals surface area contributed by atoms with Crippen molar-refractivity contribution in [1.82, 2.24) is 25.6 Å². The number of aliphatic hydroxyl groups excluding tert-OH is 2. The summed E-state index contributed by atoms with van der Waals surface area (Å²) in [4.78, 5) is 40.4. The van der Waals surface area contributed by atoms with Crippen LogP contribution in [0.15, 0.2) is 60.8 Å². The number of carbonyl (C=O) groups excluding carboxylic acids is 2. The number of hydrogen-bond donors (Lipinski definition) is 4. The zero-order chi connectivity index (χ0) is 41.4. The molecule has 310 valence electrons. The molecule has 2 amide bonds. The summed E-state index contributed by atoms with van der Waals surface area (Å²) in [7, 11) is 5.08. The third-order valence-electron chi connectivity index (χ3n) is 12.6. The Morgan fingerprint density at radius 3 is 2.47 bits per heavy atom. The van der Waals surface area contributed by atoms with E-state index in [9.17, 15) is 33.0 Å². The summed E-state index contributed by atoms with van der Waals surface area (Å²) in [5.74, 6) is -0.323. The third kappa shape index (κ3) is 9.00. The van der Waals surface area contributed by atoms with E-state index in [1.54, 1.807) is 37.4 Å². The number of hydrogen-bond acceptors (Lipinski definition) is 9. The molecule has 7 rings (SSSR count). The number of fused-ring (bicyclic) bond motifs is 2. The van der Waals surface area contributed by atoms with E-state index >= 15 is 0 Å². The van der Waals surface area contributed by atoms with Gasteiger partial charge < -0.3 is 30.5 Å². The first-order valence-corrected chi connectivity index (χ1v) is 19.7. The molecule has 1 aromatic heterocycles. The van der Waals surface area contributed by atoms with E-state index in [-0.39, 0.29) is 52.3 Å². The van der Waals surface area contributed by atoms with E-state index in [0.29, 0.717) is 30.4 Å². The van der Waals surface area contributed by atoms with Crippen molar-refractivity contribution in [3.8, 4) is 16.9 Å². The van der Waals surface area contributed by atoms with E-state index in [1.165, 1.54) is 18.2 Å². The van der Waals surface area contributed by atoms with Crippen LogP contribution in [-0.4, -0.2) is 102 Å². The average molecular weight is 796 g/mol. The fourth-order valence-corrected chi connectivity index (χ4v) is 9.55. The zero-order valence-electron chi connectivity index (χ0n) is 33.7. The predicted molar refractivity (Wildman–Crippen MR) is 209 cm³/mol. The molecule has 2 aromatic carbocycles. The molecule has 14 heteroatoms. The molecule has 4 fully saturated rings. The molecule has 4 aliphatic rings. The van der Waals surface area contributed by atoms with Crippen LogP contribution in [0.4, 0.5) is 13.2 Å². The van der Waals surface area contributed by atoms with Crippen LogP contribution in [0.5, 0.6) is 5.75 Å². The lowest BCUT2D eigenvalue weighted by molar-refractivity contribution is -0.183. The summed E-state index contributed by atoms with van der Waals surface area (Å²) in [6.07, 6.45) is -2.66. The second-order valence-corrected chi connectivity index (χ2v) is 17.0. The highest BCUT2D eigenvalue weighted by Crippen LogP contribution is 2.61. The van der Waals surface area contributed by atoms with Crippen LogP contribution >= 0.6 is 0 Å². The molecule has 0 unspecified atom stereocenters. The lowest BCUT2D eigenvalue weighted by atomic mass is 9.45. The number of hydroxylamine groups is 2. The van der Waals surface area contributed by atoms with E-state index in [1.807, 2.05) is 31.1 Å². The number of pyridine rings is 1. The molecular formula is C43H56F3N5O6. The molecule has 3 aromatic rings. The van der Waals surface area contributed by atoms with Crippen molar-refractivity contribution in [3.05, 3.63) is 83.2 Å². The Morgan fingerprint density at radius 1 is 1.12 bits per heavy atom. The smallest absolute Gasteiger partial charge is 0.416 e. The number of ether oxygens (including phenoxy) is 1. The second kappa shape index (κ2) is 17.0. The molecule has 3 aliphatic carbocycles. The molecule has 3 saturated carbocycles. The Labute approximate surface area is 332 Å². The molecule has 9 atom stereocenters. The van der Waals surface area contributed by atoms with Crippen LogP contribution in [0.1, 0.15) is 67.7 Å². The molecule has 57 heavy (non-hydrogen) atoms. The maximum atomic E-state index is 14.4. The SMILES string of the molecule is COc1c(CN2O[C@@H](CO)[C@@H]([C@H](C)O)[C@H]2C(=O)N[C@H]2C[C@H]3C[C@@H]([C@@H]2C)C3(C)C)cccc1-c1cc(C(=O)N[C@@H](Cc2ccccn2)CN(C)C)cc(C(F)(F)F)c1. The van der Waals surface area contributed by atoms with Crippen LogP contribution < -0.4 is 15.4 Å². The van der Waals surface area contributed by atoms with Gasteiger partial charge in [-0.2, -0.15) is 18.2 Å². The molecule has 2 bridgehead atoms. The van der Waals surface area contributed by atoms with Crippen molar-refractivity contribution in [1.29, 1.82) is 0 Å². The number of para-hydroxylation sites is 1. The van der Waals surface area contributed by atoms with Crippen LogP contribution in [0.2, 0.25) is 0 Å². The minimum absolute atomic E-state index is 0.0562. The van der Waals surface area contributed by atoms with Gasteiger partial charge >= 0.3 is 6.18 Å². The van der Waals surface area contributed by atoms with Gasteiger partial charge in [0.25, 0.3) is 5.91 Å². The third-order valence-corrected chi connectivity index (χ3v) is 12.6. The number of likely N-dealkylation sites (N-methyl/N-ethyl adjacent to an activating group) is 1. The lowest BCUT2D eigenvalue weighted by Crippen LogP contribution is -2.62. The Morgan fingerprint density at radius 2 is 1.88 bits per heavy atom. The monoisotopic (exact) mass is 795 g/mol. The number of amides is 2. The van der Waals surface area contributed by atoms with Crippen molar-refractivity contribution in [3.63, 3.8) is 0 Å². The molecule has 0 spiro atoms. The summed E-state index contributed by atoms with van der Waals surface area (Å²) in [5.41, 5.74) is 0.628. The molecule has 11 nitrogen and oxygen atoms in total. The minimum atomic E-state index is -4.77. The quantitative estimate of drug-likeness (QED) is 0.171. The van der Waals surface area contributed by atoms with E-state index in [4.69, 9.17) is 9.57 Å². The van der Waals surface area contributed by atoms with Crippen LogP contribution in [0.3, 0.4) is 0 Å². The summed E-state index contributed by atoms with van der Waals surface area (Å²) in [6.45, 7) is 8.22. The number of alkyl halides is 3. The maximum Gasteiger partial charge on any atom is 0.416 e. The molecular weight excluding hydrogens is 739 g/mol. The maximum absolute atomic E-state index is 14.4. The molecule has 1 saturated heterocycles. The number of rotatable bonds is 14. The van der Waals surface area contributed by atoms with E-state index < -0.39 is 54.5 Å². The van der Waals surface area contributed by atoms with E-state index in [0.717, 1.165) is 30.7 Å². The first kappa shape index (κ1) is 42.5. The second-order valence-electron chi connectivity index (χ2n) is 17.0. The molecule has 4 N–H and O–H groups in total. The Kier molecular flexibility index (Phi) is 12.7. The molecule has 2 heterocycles. The summed E-state index contributed by atoms with van der Waals surface area (Å²) >= 11 is 0. The zero-order valence-corrected chi connectivity index (χ0v) is 33.7. The van der Waals surface area contributed by atoms with Crippen molar-refractivity contribution in [2.24, 2.45) is 29.1 Å². The highest BCUT2D eigenvalue weighted by Gasteiger charge is 2.57. The predicted octanol–water partition coefficient (Wildman–Crippen LogP) is 5.34. The number of carbonyl (C=O) groups is 2. The normalized spacial score (nSPS) is 26.7. The standard InChI is InChI=1S/C43H56F3N5O6/c1-24-34-18-29(42(34,3)4)19-35(24)49-41(55)38-37(25(2)53)36(23-52)57-51(38)21-26-11-10-13-33(39(26)56-7)27-15-28(17-30(16-27)43(44,45)46)40(54)48-32(22-50(5)6)20-31-12-8-9-14-47-31/h8-17,24-25,29,32,34-38,52-53H,18-23H2,1-7H3,(H,48,54)(H,49,55)/t24-,25-,29+,32-,34-,35-,36-,37+,38-/m0/s1. The van der Waals surface area contributed by atoms with E-state index in [2.05, 4.69) is 36.4 Å². The number of methoxy groups -OCH3 is 1. The van der Waals surface area contributed by atoms with Crippen molar-refractivity contribution >= 4 is 11.8 Å². The number of nitrogens with zero attached hydrogens (tertiary/aromatic N) is 3. The van der Waals surface area contributed by atoms with Gasteiger partial charge in [-0.1, -0.05) is 45.0 Å².